The third-order valence-corrected chi connectivity index (χ3v) is 3.52. The molecule has 2 nitrogen and oxygen atoms in total. The zero-order valence-corrected chi connectivity index (χ0v) is 10.5. The van der Waals surface area contributed by atoms with Gasteiger partial charge in [0, 0.05) is 24.9 Å². The molecular formula is C11H17ClF3NO. The van der Waals surface area contributed by atoms with E-state index in [0.717, 1.165) is 12.8 Å². The molecule has 17 heavy (non-hydrogen) atoms. The monoisotopic (exact) mass is 271 g/mol. The Balaban J connectivity index is 2.31. The summed E-state index contributed by atoms with van der Waals surface area (Å²) in [6.07, 6.45) is -4.16. The van der Waals surface area contributed by atoms with Crippen molar-refractivity contribution in [3.8, 4) is 0 Å². The molecule has 0 aromatic carbocycles. The average molecular weight is 272 g/mol. The lowest BCUT2D eigenvalue weighted by Crippen LogP contribution is -2.40. The number of alkyl halides is 4. The van der Waals surface area contributed by atoms with Gasteiger partial charge in [-0.1, -0.05) is 0 Å². The molecule has 0 radical (unpaired) electrons. The molecule has 0 N–H and O–H groups in total. The summed E-state index contributed by atoms with van der Waals surface area (Å²) >= 11 is 5.95. The molecule has 1 saturated heterocycles. The minimum absolute atomic E-state index is 0.0578. The van der Waals surface area contributed by atoms with Crippen molar-refractivity contribution in [2.24, 2.45) is 5.92 Å². The van der Waals surface area contributed by atoms with Crippen LogP contribution >= 0.6 is 11.6 Å². The van der Waals surface area contributed by atoms with Crippen LogP contribution in [-0.2, 0) is 4.79 Å². The second-order valence-corrected chi connectivity index (χ2v) is 5.20. The number of hydrogen-bond acceptors (Lipinski definition) is 1. The number of carbonyl (C=O) groups is 1. The number of piperidine rings is 1. The maximum Gasteiger partial charge on any atom is 0.389 e. The lowest BCUT2D eigenvalue weighted by molar-refractivity contribution is -0.149. The van der Waals surface area contributed by atoms with Crippen LogP contribution in [0.25, 0.3) is 0 Å². The standard InChI is InChI=1S/C11H17ClF3NO/c1-8(12)9-3-6-16(7-4-9)10(17)2-5-11(13,14)15/h8-9H,2-7H2,1H3. The van der Waals surface area contributed by atoms with Gasteiger partial charge >= 0.3 is 6.18 Å². The van der Waals surface area contributed by atoms with Gasteiger partial charge in [-0.25, -0.2) is 0 Å². The fraction of sp³-hybridized carbons (Fsp3) is 0.909. The second-order valence-electron chi connectivity index (χ2n) is 4.51. The second kappa shape index (κ2) is 5.94. The molecule has 1 unspecified atom stereocenters. The normalized spacial score (nSPS) is 20.4. The SMILES string of the molecule is CC(Cl)C1CCN(C(=O)CCC(F)(F)F)CC1. The molecule has 100 valence electrons. The van der Waals surface area contributed by atoms with E-state index < -0.39 is 24.9 Å². The average Bonchev–Trinajstić information content (AvgIpc) is 2.25. The zero-order valence-electron chi connectivity index (χ0n) is 9.76. The lowest BCUT2D eigenvalue weighted by Gasteiger charge is -2.33. The molecule has 0 aromatic rings. The third kappa shape index (κ3) is 5.15. The number of nitrogens with zero attached hydrogens (tertiary/aromatic N) is 1. The van der Waals surface area contributed by atoms with Crippen molar-refractivity contribution >= 4 is 17.5 Å². The first kappa shape index (κ1) is 14.6. The Hall–Kier alpha value is -0.450. The fourth-order valence-corrected chi connectivity index (χ4v) is 2.27. The van der Waals surface area contributed by atoms with Crippen molar-refractivity contribution in [3.63, 3.8) is 0 Å². The topological polar surface area (TPSA) is 20.3 Å². The van der Waals surface area contributed by atoms with Gasteiger partial charge < -0.3 is 4.90 Å². The Kier molecular flexibility index (Phi) is 5.10. The van der Waals surface area contributed by atoms with Crippen LogP contribution < -0.4 is 0 Å². The highest BCUT2D eigenvalue weighted by atomic mass is 35.5. The summed E-state index contributed by atoms with van der Waals surface area (Å²) in [5, 5.41) is 0.0578. The van der Waals surface area contributed by atoms with Gasteiger partial charge in [0.2, 0.25) is 5.91 Å². The number of likely N-dealkylation sites (tertiary alicyclic amines) is 1. The summed E-state index contributed by atoms with van der Waals surface area (Å²) in [5.74, 6) is -0.0358. The fourth-order valence-electron chi connectivity index (χ4n) is 2.01. The van der Waals surface area contributed by atoms with Gasteiger partial charge in [-0.2, -0.15) is 13.2 Å². The quantitative estimate of drug-likeness (QED) is 0.722. The van der Waals surface area contributed by atoms with Crippen molar-refractivity contribution in [1.29, 1.82) is 0 Å². The summed E-state index contributed by atoms with van der Waals surface area (Å²) in [7, 11) is 0. The van der Waals surface area contributed by atoms with E-state index in [1.54, 1.807) is 0 Å². The van der Waals surface area contributed by atoms with E-state index in [4.69, 9.17) is 11.6 Å². The van der Waals surface area contributed by atoms with Gasteiger partial charge in [-0.3, -0.25) is 4.79 Å². The molecule has 1 heterocycles. The van der Waals surface area contributed by atoms with Crippen molar-refractivity contribution in [3.05, 3.63) is 0 Å². The molecule has 0 bridgehead atoms. The molecule has 1 atom stereocenters. The van der Waals surface area contributed by atoms with Crippen LogP contribution in [0.2, 0.25) is 0 Å². The van der Waals surface area contributed by atoms with Crippen LogP contribution in [-0.4, -0.2) is 35.4 Å². The molecule has 1 aliphatic rings. The molecule has 6 heteroatoms. The summed E-state index contributed by atoms with van der Waals surface area (Å²) in [4.78, 5) is 13.0. The minimum Gasteiger partial charge on any atom is -0.343 e. The molecule has 1 fully saturated rings. The highest BCUT2D eigenvalue weighted by molar-refractivity contribution is 6.20. The van der Waals surface area contributed by atoms with Crippen LogP contribution in [0.3, 0.4) is 0 Å². The Labute approximate surface area is 104 Å². The molecule has 0 aromatic heterocycles. The van der Waals surface area contributed by atoms with E-state index in [1.165, 1.54) is 4.90 Å². The smallest absolute Gasteiger partial charge is 0.343 e. The van der Waals surface area contributed by atoms with Crippen LogP contribution in [0.4, 0.5) is 13.2 Å². The Morgan fingerprint density at radius 3 is 2.35 bits per heavy atom. The van der Waals surface area contributed by atoms with Gasteiger partial charge in [-0.15, -0.1) is 11.6 Å². The third-order valence-electron chi connectivity index (χ3n) is 3.16. The van der Waals surface area contributed by atoms with Gasteiger partial charge in [0.1, 0.15) is 0 Å². The van der Waals surface area contributed by atoms with Crippen molar-refractivity contribution in [1.82, 2.24) is 4.90 Å². The highest BCUT2D eigenvalue weighted by Gasteiger charge is 2.30. The van der Waals surface area contributed by atoms with E-state index in [2.05, 4.69) is 0 Å². The summed E-state index contributed by atoms with van der Waals surface area (Å²) in [6.45, 7) is 2.96. The maximum atomic E-state index is 12.0. The van der Waals surface area contributed by atoms with E-state index in [9.17, 15) is 18.0 Å². The van der Waals surface area contributed by atoms with E-state index >= 15 is 0 Å². The van der Waals surface area contributed by atoms with E-state index in [1.807, 2.05) is 6.92 Å². The summed E-state index contributed by atoms with van der Waals surface area (Å²) < 4.78 is 35.9. The first-order chi connectivity index (χ1) is 7.79. The summed E-state index contributed by atoms with van der Waals surface area (Å²) in [6, 6.07) is 0. The number of carbonyl (C=O) groups excluding carboxylic acids is 1. The van der Waals surface area contributed by atoms with Crippen LogP contribution in [0.5, 0.6) is 0 Å². The largest absolute Gasteiger partial charge is 0.389 e. The minimum atomic E-state index is -4.25. The van der Waals surface area contributed by atoms with Crippen LogP contribution in [0, 0.1) is 5.92 Å². The maximum absolute atomic E-state index is 12.0. The van der Waals surface area contributed by atoms with Gasteiger partial charge in [0.25, 0.3) is 0 Å². The molecule has 0 spiro atoms. The van der Waals surface area contributed by atoms with E-state index in [0.29, 0.717) is 19.0 Å². The van der Waals surface area contributed by atoms with Crippen molar-refractivity contribution < 1.29 is 18.0 Å². The first-order valence-electron chi connectivity index (χ1n) is 5.78. The van der Waals surface area contributed by atoms with Gasteiger partial charge in [0.05, 0.1) is 6.42 Å². The molecular weight excluding hydrogens is 255 g/mol. The number of hydrogen-bond donors (Lipinski definition) is 0. The van der Waals surface area contributed by atoms with Crippen LogP contribution in [0.1, 0.15) is 32.6 Å². The van der Waals surface area contributed by atoms with Crippen molar-refractivity contribution in [2.45, 2.75) is 44.2 Å². The molecule has 1 amide bonds. The number of halogens is 4. The zero-order chi connectivity index (χ0) is 13.1. The molecule has 0 saturated carbocycles. The lowest BCUT2D eigenvalue weighted by atomic mass is 9.94. The van der Waals surface area contributed by atoms with Crippen molar-refractivity contribution in [2.75, 3.05) is 13.1 Å². The van der Waals surface area contributed by atoms with Gasteiger partial charge in [-0.05, 0) is 25.7 Å². The van der Waals surface area contributed by atoms with E-state index in [-0.39, 0.29) is 5.38 Å². The number of amides is 1. The Morgan fingerprint density at radius 1 is 1.41 bits per heavy atom. The molecule has 0 aliphatic carbocycles. The first-order valence-corrected chi connectivity index (χ1v) is 6.22. The van der Waals surface area contributed by atoms with Gasteiger partial charge in [0.15, 0.2) is 0 Å². The summed E-state index contributed by atoms with van der Waals surface area (Å²) in [5.41, 5.74) is 0. The van der Waals surface area contributed by atoms with Crippen LogP contribution in [0.15, 0.2) is 0 Å². The Bertz CT molecular complexity index is 260. The highest BCUT2D eigenvalue weighted by Crippen LogP contribution is 2.26. The predicted molar refractivity (Wildman–Crippen MR) is 59.9 cm³/mol. The Morgan fingerprint density at radius 2 is 1.94 bits per heavy atom. The molecule has 1 rings (SSSR count). The predicted octanol–water partition coefficient (Wildman–Crippen LogP) is 3.19. The number of rotatable bonds is 3. The molecule has 1 aliphatic heterocycles.